The van der Waals surface area contributed by atoms with Gasteiger partial charge < -0.3 is 14.2 Å². The molecule has 2 aromatic heterocycles. The summed E-state index contributed by atoms with van der Waals surface area (Å²) in [7, 11) is 0. The van der Waals surface area contributed by atoms with Crippen molar-refractivity contribution in [3.05, 3.63) is 67.3 Å². The Labute approximate surface area is 212 Å². The predicted molar refractivity (Wildman–Crippen MR) is 133 cm³/mol. The van der Waals surface area contributed by atoms with Gasteiger partial charge in [0.1, 0.15) is 30.3 Å². The lowest BCUT2D eigenvalue weighted by molar-refractivity contribution is -0.118. The Kier molecular flexibility index (Phi) is 8.50. The number of para-hydroxylation sites is 1. The van der Waals surface area contributed by atoms with Gasteiger partial charge in [0.05, 0.1) is 22.6 Å². The molecule has 0 spiro atoms. The van der Waals surface area contributed by atoms with Crippen molar-refractivity contribution < 1.29 is 23.8 Å². The van der Waals surface area contributed by atoms with Gasteiger partial charge in [-0.25, -0.2) is 4.79 Å². The number of thiophene rings is 1. The normalized spacial score (nSPS) is 14.6. The summed E-state index contributed by atoms with van der Waals surface area (Å²) in [6.45, 7) is 2.65. The number of nitriles is 1. The Morgan fingerprint density at radius 1 is 1.29 bits per heavy atom. The van der Waals surface area contributed by atoms with Crippen molar-refractivity contribution in [1.29, 1.82) is 5.26 Å². The fourth-order valence-corrected chi connectivity index (χ4v) is 6.03. The SMILES string of the molecule is CCOc1ccccc1CCC(=O)Cc1sc2c(c1C#N)CCC(OC(=O)OCc1cncs1)C2. The highest BCUT2D eigenvalue weighted by Gasteiger charge is 2.29. The Morgan fingerprint density at radius 3 is 2.91 bits per heavy atom. The Balaban J connectivity index is 1.33. The maximum atomic E-state index is 12.8. The minimum Gasteiger partial charge on any atom is -0.494 e. The fourth-order valence-electron chi connectivity index (χ4n) is 4.13. The molecule has 9 heteroatoms. The van der Waals surface area contributed by atoms with Crippen LogP contribution in [0.2, 0.25) is 0 Å². The smallest absolute Gasteiger partial charge is 0.494 e. The van der Waals surface area contributed by atoms with Crippen molar-refractivity contribution in [3.63, 3.8) is 0 Å². The first-order chi connectivity index (χ1) is 17.1. The molecule has 3 aromatic rings. The molecule has 35 heavy (non-hydrogen) atoms. The van der Waals surface area contributed by atoms with E-state index in [9.17, 15) is 14.9 Å². The lowest BCUT2D eigenvalue weighted by Crippen LogP contribution is -2.25. The number of carbonyl (C=O) groups excluding carboxylic acids is 2. The molecule has 0 fully saturated rings. The molecule has 1 unspecified atom stereocenters. The molecule has 1 aliphatic rings. The average molecular weight is 511 g/mol. The van der Waals surface area contributed by atoms with Crippen LogP contribution < -0.4 is 4.74 Å². The van der Waals surface area contributed by atoms with Crippen LogP contribution >= 0.6 is 22.7 Å². The lowest BCUT2D eigenvalue weighted by Gasteiger charge is -2.22. The first kappa shape index (κ1) is 24.9. The molecule has 1 atom stereocenters. The number of hydrogen-bond donors (Lipinski definition) is 0. The molecule has 7 nitrogen and oxygen atoms in total. The first-order valence-corrected chi connectivity index (χ1v) is 13.2. The quantitative estimate of drug-likeness (QED) is 0.335. The third-order valence-corrected chi connectivity index (χ3v) is 7.79. The van der Waals surface area contributed by atoms with Crippen molar-refractivity contribution >= 4 is 34.6 Å². The van der Waals surface area contributed by atoms with E-state index in [1.54, 1.807) is 11.7 Å². The highest BCUT2D eigenvalue weighted by molar-refractivity contribution is 7.12. The summed E-state index contributed by atoms with van der Waals surface area (Å²) in [5.74, 6) is 0.898. The van der Waals surface area contributed by atoms with Gasteiger partial charge in [0.15, 0.2) is 0 Å². The molecule has 0 bridgehead atoms. The van der Waals surface area contributed by atoms with Gasteiger partial charge in [-0.2, -0.15) is 5.26 Å². The van der Waals surface area contributed by atoms with Crippen LogP contribution in [0.1, 0.15) is 51.1 Å². The number of carbonyl (C=O) groups is 2. The molecule has 0 amide bonds. The largest absolute Gasteiger partial charge is 0.508 e. The molecular formula is C26H26N2O5S2. The van der Waals surface area contributed by atoms with E-state index in [2.05, 4.69) is 11.1 Å². The predicted octanol–water partition coefficient (Wildman–Crippen LogP) is 5.43. The third kappa shape index (κ3) is 6.47. The number of thiazole rings is 1. The highest BCUT2D eigenvalue weighted by atomic mass is 32.1. The second kappa shape index (κ2) is 12.0. The first-order valence-electron chi connectivity index (χ1n) is 11.5. The number of rotatable bonds is 10. The van der Waals surface area contributed by atoms with Crippen LogP contribution in [0.15, 0.2) is 36.0 Å². The van der Waals surface area contributed by atoms with Crippen molar-refractivity contribution in [3.8, 4) is 11.8 Å². The number of fused-ring (bicyclic) bond motifs is 1. The molecule has 0 N–H and O–H groups in total. The molecule has 1 aliphatic carbocycles. The van der Waals surface area contributed by atoms with E-state index in [4.69, 9.17) is 14.2 Å². The highest BCUT2D eigenvalue weighted by Crippen LogP contribution is 2.36. The summed E-state index contributed by atoms with van der Waals surface area (Å²) >= 11 is 2.89. The number of hydrogen-bond acceptors (Lipinski definition) is 9. The zero-order chi connectivity index (χ0) is 24.6. The topological polar surface area (TPSA) is 98.5 Å². The summed E-state index contributed by atoms with van der Waals surface area (Å²) < 4.78 is 16.3. The molecule has 1 aromatic carbocycles. The molecule has 0 aliphatic heterocycles. The monoisotopic (exact) mass is 510 g/mol. The minimum atomic E-state index is -0.702. The number of ketones is 1. The van der Waals surface area contributed by atoms with E-state index in [0.717, 1.165) is 31.5 Å². The standard InChI is InChI=1S/C26H26N2O5S2/c1-2-31-23-6-4-3-5-17(23)7-8-18(29)11-24-22(13-27)21-10-9-19(12-25(21)35-24)33-26(30)32-15-20-14-28-16-34-20/h3-6,14,16,19H,2,7-12,15H2,1H3. The molecule has 2 heterocycles. The number of ether oxygens (including phenoxy) is 3. The van der Waals surface area contributed by atoms with Crippen LogP contribution in [0.3, 0.4) is 0 Å². The molecule has 0 radical (unpaired) electrons. The zero-order valence-electron chi connectivity index (χ0n) is 19.5. The summed E-state index contributed by atoms with van der Waals surface area (Å²) in [5, 5.41) is 9.77. The number of aromatic nitrogens is 1. The number of benzene rings is 1. The van der Waals surface area contributed by atoms with Crippen LogP contribution in [0, 0.1) is 11.3 Å². The summed E-state index contributed by atoms with van der Waals surface area (Å²) in [5.41, 5.74) is 4.29. The van der Waals surface area contributed by atoms with Gasteiger partial charge in [0, 0.05) is 35.2 Å². The van der Waals surface area contributed by atoms with Crippen molar-refractivity contribution in [2.24, 2.45) is 0 Å². The molecular weight excluding hydrogens is 484 g/mol. The van der Waals surface area contributed by atoms with Crippen molar-refractivity contribution in [2.45, 2.75) is 58.2 Å². The van der Waals surface area contributed by atoms with E-state index in [1.807, 2.05) is 31.2 Å². The maximum Gasteiger partial charge on any atom is 0.508 e. The van der Waals surface area contributed by atoms with Crippen LogP contribution in [-0.2, 0) is 46.6 Å². The van der Waals surface area contributed by atoms with Crippen LogP contribution in [-0.4, -0.2) is 29.6 Å². The van der Waals surface area contributed by atoms with Crippen LogP contribution in [0.5, 0.6) is 5.75 Å². The molecule has 0 saturated heterocycles. The second-order valence-electron chi connectivity index (χ2n) is 8.16. The van der Waals surface area contributed by atoms with E-state index < -0.39 is 6.16 Å². The van der Waals surface area contributed by atoms with Gasteiger partial charge in [-0.05, 0) is 43.4 Å². The van der Waals surface area contributed by atoms with E-state index in [0.29, 0.717) is 44.3 Å². The Bertz CT molecular complexity index is 1210. The Hall–Kier alpha value is -3.22. The van der Waals surface area contributed by atoms with E-state index >= 15 is 0 Å². The van der Waals surface area contributed by atoms with Gasteiger partial charge in [-0.1, -0.05) is 18.2 Å². The van der Waals surface area contributed by atoms with Gasteiger partial charge in [-0.15, -0.1) is 22.7 Å². The van der Waals surface area contributed by atoms with Gasteiger partial charge >= 0.3 is 6.16 Å². The summed E-state index contributed by atoms with van der Waals surface area (Å²) in [6, 6.07) is 10.1. The summed E-state index contributed by atoms with van der Waals surface area (Å²) in [6.07, 6.45) is 3.65. The van der Waals surface area contributed by atoms with Crippen LogP contribution in [0.4, 0.5) is 4.79 Å². The minimum absolute atomic E-state index is 0.0887. The maximum absolute atomic E-state index is 12.8. The number of aryl methyl sites for hydroxylation is 1. The summed E-state index contributed by atoms with van der Waals surface area (Å²) in [4.78, 5) is 31.5. The number of Topliss-reactive ketones (excluding diaryl/α,β-unsaturated/α-hetero) is 1. The van der Waals surface area contributed by atoms with Gasteiger partial charge in [0.2, 0.25) is 0 Å². The van der Waals surface area contributed by atoms with E-state index in [-0.39, 0.29) is 24.9 Å². The fraction of sp³-hybridized carbons (Fsp3) is 0.385. The molecule has 4 rings (SSSR count). The van der Waals surface area contributed by atoms with Gasteiger partial charge in [-0.3, -0.25) is 9.78 Å². The zero-order valence-corrected chi connectivity index (χ0v) is 21.1. The molecule has 182 valence electrons. The lowest BCUT2D eigenvalue weighted by atomic mass is 9.92. The molecule has 0 saturated carbocycles. The van der Waals surface area contributed by atoms with E-state index in [1.165, 1.54) is 22.7 Å². The number of nitrogens with zero attached hydrogens (tertiary/aromatic N) is 2. The van der Waals surface area contributed by atoms with Crippen molar-refractivity contribution in [2.75, 3.05) is 6.61 Å². The second-order valence-corrected chi connectivity index (χ2v) is 10.3. The third-order valence-electron chi connectivity index (χ3n) is 5.79. The Morgan fingerprint density at radius 2 is 2.14 bits per heavy atom. The van der Waals surface area contributed by atoms with Gasteiger partial charge in [0.25, 0.3) is 0 Å². The van der Waals surface area contributed by atoms with Crippen LogP contribution in [0.25, 0.3) is 0 Å². The average Bonchev–Trinajstić information content (AvgIpc) is 3.49. The van der Waals surface area contributed by atoms with Crippen molar-refractivity contribution in [1.82, 2.24) is 4.98 Å².